The molecule has 3 aromatic rings. The van der Waals surface area contributed by atoms with Crippen molar-refractivity contribution >= 4 is 42.6 Å². The molecule has 0 amide bonds. The Bertz CT molecular complexity index is 1370. The van der Waals surface area contributed by atoms with Crippen LogP contribution in [0.5, 0.6) is 5.75 Å². The van der Waals surface area contributed by atoms with Crippen molar-refractivity contribution in [2.24, 2.45) is 0 Å². The number of halogens is 4. The van der Waals surface area contributed by atoms with Crippen molar-refractivity contribution in [2.45, 2.75) is 18.2 Å². The first-order chi connectivity index (χ1) is 14.8. The highest BCUT2D eigenvalue weighted by atomic mass is 79.9. The van der Waals surface area contributed by atoms with Crippen molar-refractivity contribution in [2.75, 3.05) is 12.9 Å². The molecule has 1 aromatic heterocycles. The summed E-state index contributed by atoms with van der Waals surface area (Å²) in [6.45, 7) is 1.44. The van der Waals surface area contributed by atoms with Crippen LogP contribution in [0.4, 0.5) is 13.2 Å². The van der Waals surface area contributed by atoms with E-state index in [4.69, 9.17) is 4.74 Å². The standard InChI is InChI=1S/C19H14BrF3N2O6S/c1-3-30-18(27)15-16(26)14-13(9-8-12(20)17(14)32(2,28)29)25(24-15)10-4-6-11(7-5-10)31-19(21,22)23/h4-9H,3H2,1-2H3. The number of sulfone groups is 1. The van der Waals surface area contributed by atoms with Gasteiger partial charge in [0.15, 0.2) is 9.84 Å². The summed E-state index contributed by atoms with van der Waals surface area (Å²) in [5, 5.41) is 3.68. The Morgan fingerprint density at radius 3 is 2.31 bits per heavy atom. The maximum absolute atomic E-state index is 13.1. The molecule has 8 nitrogen and oxygen atoms in total. The molecular weight excluding hydrogens is 521 g/mol. The molecule has 3 rings (SSSR count). The van der Waals surface area contributed by atoms with Crippen molar-refractivity contribution in [3.63, 3.8) is 0 Å². The third-order valence-electron chi connectivity index (χ3n) is 4.11. The average Bonchev–Trinajstić information content (AvgIpc) is 2.67. The molecule has 0 N–H and O–H groups in total. The number of hydrogen-bond donors (Lipinski definition) is 0. The van der Waals surface area contributed by atoms with Crippen molar-refractivity contribution in [1.82, 2.24) is 9.78 Å². The van der Waals surface area contributed by atoms with Gasteiger partial charge in [-0.15, -0.1) is 13.2 Å². The van der Waals surface area contributed by atoms with E-state index in [0.29, 0.717) is 0 Å². The van der Waals surface area contributed by atoms with Gasteiger partial charge < -0.3 is 9.47 Å². The molecule has 170 valence electrons. The molecule has 0 saturated heterocycles. The Hall–Kier alpha value is -2.93. The predicted octanol–water partition coefficient (Wildman–Crippen LogP) is 3.63. The molecule has 2 aromatic carbocycles. The van der Waals surface area contributed by atoms with Gasteiger partial charge in [-0.1, -0.05) is 0 Å². The summed E-state index contributed by atoms with van der Waals surface area (Å²) in [5.41, 5.74) is -1.50. The second-order valence-electron chi connectivity index (χ2n) is 6.39. The minimum atomic E-state index is -4.89. The van der Waals surface area contributed by atoms with E-state index in [1.807, 2.05) is 0 Å². The summed E-state index contributed by atoms with van der Waals surface area (Å²) in [6, 6.07) is 7.19. The first-order valence-corrected chi connectivity index (χ1v) is 11.5. The van der Waals surface area contributed by atoms with Gasteiger partial charge in [0.25, 0.3) is 0 Å². The molecule has 1 heterocycles. The van der Waals surface area contributed by atoms with E-state index < -0.39 is 39.0 Å². The lowest BCUT2D eigenvalue weighted by atomic mass is 10.2. The van der Waals surface area contributed by atoms with Crippen LogP contribution in [-0.4, -0.2) is 43.4 Å². The zero-order valence-electron chi connectivity index (χ0n) is 16.4. The molecule has 0 radical (unpaired) electrons. The molecule has 0 aliphatic carbocycles. The summed E-state index contributed by atoms with van der Waals surface area (Å²) in [5.74, 6) is -1.58. The van der Waals surface area contributed by atoms with Gasteiger partial charge in [0.1, 0.15) is 5.75 Å². The van der Waals surface area contributed by atoms with Gasteiger partial charge >= 0.3 is 12.3 Å². The number of hydrogen-bond acceptors (Lipinski definition) is 7. The third-order valence-corrected chi connectivity index (χ3v) is 6.20. The lowest BCUT2D eigenvalue weighted by Gasteiger charge is -2.15. The Labute approximate surface area is 187 Å². The van der Waals surface area contributed by atoms with E-state index >= 15 is 0 Å². The first-order valence-electron chi connectivity index (χ1n) is 8.82. The normalized spacial score (nSPS) is 12.1. The Balaban J connectivity index is 2.37. The van der Waals surface area contributed by atoms with E-state index in [-0.39, 0.29) is 32.6 Å². The zero-order chi connectivity index (χ0) is 23.8. The number of carbonyl (C=O) groups is 1. The van der Waals surface area contributed by atoms with E-state index in [1.54, 1.807) is 0 Å². The number of esters is 1. The maximum Gasteiger partial charge on any atom is 0.573 e. The van der Waals surface area contributed by atoms with Gasteiger partial charge in [-0.3, -0.25) is 4.79 Å². The largest absolute Gasteiger partial charge is 0.573 e. The third kappa shape index (κ3) is 4.78. The monoisotopic (exact) mass is 534 g/mol. The number of aromatic nitrogens is 2. The summed E-state index contributed by atoms with van der Waals surface area (Å²) >= 11 is 3.11. The minimum absolute atomic E-state index is 0.0103. The topological polar surface area (TPSA) is 105 Å². The van der Waals surface area contributed by atoms with Crippen LogP contribution in [0.2, 0.25) is 0 Å². The molecular formula is C19H14BrF3N2O6S. The number of alkyl halides is 3. The van der Waals surface area contributed by atoms with E-state index in [0.717, 1.165) is 23.1 Å². The highest BCUT2D eigenvalue weighted by Gasteiger charge is 2.31. The summed E-state index contributed by atoms with van der Waals surface area (Å²) < 4.78 is 72.0. The second kappa shape index (κ2) is 8.54. The number of benzene rings is 2. The fraction of sp³-hybridized carbons (Fsp3) is 0.211. The average molecular weight is 535 g/mol. The van der Waals surface area contributed by atoms with Crippen LogP contribution in [0, 0.1) is 0 Å². The maximum atomic E-state index is 13.1. The van der Waals surface area contributed by atoms with Crippen LogP contribution in [0.15, 0.2) is 50.6 Å². The van der Waals surface area contributed by atoms with Crippen molar-refractivity contribution in [1.29, 1.82) is 0 Å². The second-order valence-corrected chi connectivity index (χ2v) is 9.20. The Kier molecular flexibility index (Phi) is 6.33. The number of nitrogens with zero attached hydrogens (tertiary/aromatic N) is 2. The first kappa shape index (κ1) is 23.7. The van der Waals surface area contributed by atoms with Gasteiger partial charge in [-0.25, -0.2) is 17.9 Å². The van der Waals surface area contributed by atoms with Crippen LogP contribution < -0.4 is 10.2 Å². The molecule has 0 aliphatic rings. The fourth-order valence-corrected chi connectivity index (χ4v) is 5.14. The molecule has 0 saturated carbocycles. The molecule has 0 fully saturated rings. The zero-order valence-corrected chi connectivity index (χ0v) is 18.8. The Morgan fingerprint density at radius 1 is 1.16 bits per heavy atom. The lowest BCUT2D eigenvalue weighted by Crippen LogP contribution is -2.25. The van der Waals surface area contributed by atoms with Crippen LogP contribution in [0.25, 0.3) is 16.6 Å². The molecule has 32 heavy (non-hydrogen) atoms. The lowest BCUT2D eigenvalue weighted by molar-refractivity contribution is -0.274. The molecule has 0 aliphatic heterocycles. The van der Waals surface area contributed by atoms with Gasteiger partial charge in [0.2, 0.25) is 11.1 Å². The van der Waals surface area contributed by atoms with E-state index in [9.17, 15) is 31.2 Å². The molecule has 13 heteroatoms. The fourth-order valence-electron chi connectivity index (χ4n) is 2.94. The summed E-state index contributed by atoms with van der Waals surface area (Å²) in [6.07, 6.45) is -4.00. The van der Waals surface area contributed by atoms with Crippen LogP contribution in [0.3, 0.4) is 0 Å². The van der Waals surface area contributed by atoms with Crippen molar-refractivity contribution < 1.29 is 35.9 Å². The van der Waals surface area contributed by atoms with Crippen molar-refractivity contribution in [3.8, 4) is 11.4 Å². The van der Waals surface area contributed by atoms with Gasteiger partial charge in [0.05, 0.1) is 28.1 Å². The van der Waals surface area contributed by atoms with Crippen molar-refractivity contribution in [3.05, 3.63) is 56.8 Å². The number of fused-ring (bicyclic) bond motifs is 1. The van der Waals surface area contributed by atoms with Crippen LogP contribution in [0.1, 0.15) is 17.4 Å². The highest BCUT2D eigenvalue weighted by Crippen LogP contribution is 2.30. The molecule has 0 unspecified atom stereocenters. The molecule has 0 atom stereocenters. The molecule has 0 spiro atoms. The van der Waals surface area contributed by atoms with Gasteiger partial charge in [-0.2, -0.15) is 5.10 Å². The van der Waals surface area contributed by atoms with Crippen LogP contribution in [-0.2, 0) is 14.6 Å². The van der Waals surface area contributed by atoms with Gasteiger partial charge in [0, 0.05) is 10.7 Å². The van der Waals surface area contributed by atoms with E-state index in [1.165, 1.54) is 31.2 Å². The smallest absolute Gasteiger partial charge is 0.461 e. The summed E-state index contributed by atoms with van der Waals surface area (Å²) in [4.78, 5) is 25.0. The highest BCUT2D eigenvalue weighted by molar-refractivity contribution is 9.10. The number of ether oxygens (including phenoxy) is 2. The number of carbonyl (C=O) groups excluding carboxylic acids is 1. The summed E-state index contributed by atoms with van der Waals surface area (Å²) in [7, 11) is -3.95. The Morgan fingerprint density at radius 2 is 1.78 bits per heavy atom. The molecule has 0 bridgehead atoms. The van der Waals surface area contributed by atoms with Gasteiger partial charge in [-0.05, 0) is 59.3 Å². The predicted molar refractivity (Wildman–Crippen MR) is 111 cm³/mol. The SMILES string of the molecule is CCOC(=O)c1nn(-c2ccc(OC(F)(F)F)cc2)c2ccc(Br)c(S(C)(=O)=O)c2c1=O. The van der Waals surface area contributed by atoms with E-state index in [2.05, 4.69) is 25.8 Å². The minimum Gasteiger partial charge on any atom is -0.461 e. The quantitative estimate of drug-likeness (QED) is 0.460. The number of rotatable bonds is 5. The van der Waals surface area contributed by atoms with Crippen LogP contribution >= 0.6 is 15.9 Å².